The molecule has 3 N–H and O–H groups in total. The first-order valence-corrected chi connectivity index (χ1v) is 15.4. The maximum atomic E-state index is 12.5. The summed E-state index contributed by atoms with van der Waals surface area (Å²) in [7, 11) is 0. The minimum Gasteiger partial charge on any atom is -0.481 e. The first kappa shape index (κ1) is 26.0. The van der Waals surface area contributed by atoms with Crippen LogP contribution in [0.2, 0.25) is 0 Å². The molecule has 1 aromatic carbocycles. The molecule has 6 rings (SSSR count). The average Bonchev–Trinajstić information content (AvgIpc) is 2.89. The number of carbonyl (C=O) groups is 2. The zero-order valence-corrected chi connectivity index (χ0v) is 22.6. The van der Waals surface area contributed by atoms with Crippen LogP contribution in [0.5, 0.6) is 0 Å². The summed E-state index contributed by atoms with van der Waals surface area (Å²) in [6.45, 7) is 0. The van der Waals surface area contributed by atoms with Crippen molar-refractivity contribution >= 4 is 23.4 Å². The number of aliphatic carboxylic acids is 1. The molecule has 8 atom stereocenters. The Kier molecular flexibility index (Phi) is 7.56. The number of hydrogen-bond acceptors (Lipinski definition) is 4. The minimum absolute atomic E-state index is 0.107. The molecule has 5 fully saturated rings. The topological polar surface area (TPSA) is 93.1 Å². The van der Waals surface area contributed by atoms with Crippen LogP contribution < -0.4 is 10.2 Å². The predicted octanol–water partition coefficient (Wildman–Crippen LogP) is 6.58. The second-order valence-electron chi connectivity index (χ2n) is 13.0. The number of benzene rings is 1. The number of carboxylic acids is 1. The Morgan fingerprint density at radius 2 is 1.42 bits per heavy atom. The van der Waals surface area contributed by atoms with E-state index in [2.05, 4.69) is 15.1 Å². The van der Waals surface area contributed by atoms with Gasteiger partial charge in [-0.25, -0.2) is 4.79 Å². The molecule has 1 aromatic rings. The summed E-state index contributed by atoms with van der Waals surface area (Å²) in [5.41, 5.74) is 1.43. The molecule has 5 aliphatic rings. The van der Waals surface area contributed by atoms with Crippen molar-refractivity contribution in [2.24, 2.45) is 17.8 Å². The predicted molar refractivity (Wildman–Crippen MR) is 149 cm³/mol. The van der Waals surface area contributed by atoms with E-state index in [9.17, 15) is 19.8 Å². The highest BCUT2D eigenvalue weighted by molar-refractivity contribution is 5.89. The lowest BCUT2D eigenvalue weighted by Crippen LogP contribution is -2.63. The maximum absolute atomic E-state index is 12.5. The summed E-state index contributed by atoms with van der Waals surface area (Å²) < 4.78 is 0. The molecule has 1 unspecified atom stereocenters. The SMILES string of the molecule is O=C(O)Nc1ccccc1N(C1CCCC[C@H]1C(=O)O)[C@H]1C[C@H]2CCC[C@@H](C1)N2[C@H]1C[C@@H]2CCC[C@@H](C2)C1. The van der Waals surface area contributed by atoms with E-state index in [4.69, 9.17) is 0 Å². The number of para-hydroxylation sites is 2. The van der Waals surface area contributed by atoms with Gasteiger partial charge in [0.2, 0.25) is 0 Å². The average molecular weight is 524 g/mol. The Morgan fingerprint density at radius 1 is 0.763 bits per heavy atom. The van der Waals surface area contributed by atoms with Gasteiger partial charge in [0.25, 0.3) is 0 Å². The molecule has 2 saturated heterocycles. The van der Waals surface area contributed by atoms with Crippen molar-refractivity contribution in [2.45, 2.75) is 127 Å². The smallest absolute Gasteiger partial charge is 0.409 e. The number of rotatable bonds is 6. The van der Waals surface area contributed by atoms with Crippen molar-refractivity contribution in [3.8, 4) is 0 Å². The normalized spacial score (nSPS) is 37.3. The van der Waals surface area contributed by atoms with E-state index >= 15 is 0 Å². The fourth-order valence-corrected chi connectivity index (χ4v) is 9.45. The van der Waals surface area contributed by atoms with Crippen LogP contribution in [-0.4, -0.2) is 57.4 Å². The number of amides is 1. The molecule has 2 heterocycles. The van der Waals surface area contributed by atoms with Crippen LogP contribution in [0.1, 0.15) is 96.3 Å². The summed E-state index contributed by atoms with van der Waals surface area (Å²) >= 11 is 0. The van der Waals surface area contributed by atoms with E-state index in [1.807, 2.05) is 24.3 Å². The quantitative estimate of drug-likeness (QED) is 0.390. The van der Waals surface area contributed by atoms with Gasteiger partial charge in [-0.15, -0.1) is 0 Å². The van der Waals surface area contributed by atoms with Gasteiger partial charge < -0.3 is 15.1 Å². The third-order valence-electron chi connectivity index (χ3n) is 10.8. The fraction of sp³-hybridized carbons (Fsp3) is 0.742. The van der Waals surface area contributed by atoms with Crippen LogP contribution in [-0.2, 0) is 4.79 Å². The van der Waals surface area contributed by atoms with E-state index < -0.39 is 18.0 Å². The number of piperidine rings is 2. The Labute approximate surface area is 227 Å². The second kappa shape index (κ2) is 11.1. The van der Waals surface area contributed by atoms with Crippen LogP contribution in [0.25, 0.3) is 0 Å². The van der Waals surface area contributed by atoms with Crippen molar-refractivity contribution in [3.05, 3.63) is 24.3 Å². The first-order valence-electron chi connectivity index (χ1n) is 15.4. The maximum Gasteiger partial charge on any atom is 0.409 e. The summed E-state index contributed by atoms with van der Waals surface area (Å²) in [5, 5.41) is 22.4. The molecular weight excluding hydrogens is 478 g/mol. The summed E-state index contributed by atoms with van der Waals surface area (Å²) in [5.74, 6) is 0.692. The third kappa shape index (κ3) is 5.15. The molecule has 3 saturated carbocycles. The molecule has 0 radical (unpaired) electrons. The number of anilines is 2. The minimum atomic E-state index is -1.08. The molecule has 1 amide bonds. The third-order valence-corrected chi connectivity index (χ3v) is 10.8. The zero-order valence-electron chi connectivity index (χ0n) is 22.6. The van der Waals surface area contributed by atoms with Gasteiger partial charge in [-0.05, 0) is 81.8 Å². The number of nitrogens with zero attached hydrogens (tertiary/aromatic N) is 2. The van der Waals surface area contributed by atoms with Crippen LogP contribution in [0.3, 0.4) is 0 Å². The number of nitrogens with one attached hydrogen (secondary N) is 1. The molecule has 7 heteroatoms. The van der Waals surface area contributed by atoms with Crippen LogP contribution in [0, 0.1) is 17.8 Å². The van der Waals surface area contributed by atoms with E-state index in [1.165, 1.54) is 57.8 Å². The Morgan fingerprint density at radius 3 is 2.11 bits per heavy atom. The Bertz CT molecular complexity index is 991. The van der Waals surface area contributed by atoms with E-state index in [-0.39, 0.29) is 12.1 Å². The highest BCUT2D eigenvalue weighted by Crippen LogP contribution is 2.48. The second-order valence-corrected chi connectivity index (χ2v) is 13.0. The lowest BCUT2D eigenvalue weighted by molar-refractivity contribution is -0.143. The van der Waals surface area contributed by atoms with E-state index in [1.54, 1.807) is 0 Å². The van der Waals surface area contributed by atoms with Gasteiger partial charge in [0.05, 0.1) is 17.3 Å². The standard InChI is InChI=1S/C31H45N3O4/c35-30(36)26-11-1-3-13-28(26)34(29-14-4-2-12-27(29)32-31(37)38)25-18-22-9-6-10-23(19-25)33(22)24-16-20-7-5-8-21(15-20)17-24/h2,4,12,14,20-26,28,32H,1,3,5-11,13,15-19H2,(H,35,36)(H,37,38)/t20-,21+,22-,23+,24+,25+,26-,28?/m1/s1. The lowest BCUT2D eigenvalue weighted by Gasteiger charge is -2.58. The number of hydrogen-bond donors (Lipinski definition) is 3. The van der Waals surface area contributed by atoms with E-state index in [0.29, 0.717) is 30.2 Å². The largest absolute Gasteiger partial charge is 0.481 e. The summed E-state index contributed by atoms with van der Waals surface area (Å²) in [6.07, 6.45) is 16.7. The number of fused-ring (bicyclic) bond motifs is 4. The monoisotopic (exact) mass is 523 g/mol. The summed E-state index contributed by atoms with van der Waals surface area (Å²) in [6, 6.07) is 9.58. The molecule has 3 aliphatic carbocycles. The molecule has 0 spiro atoms. The molecule has 4 bridgehead atoms. The fourth-order valence-electron chi connectivity index (χ4n) is 9.45. The van der Waals surface area contributed by atoms with E-state index in [0.717, 1.165) is 49.6 Å². The van der Waals surface area contributed by atoms with Crippen molar-refractivity contribution in [2.75, 3.05) is 10.2 Å². The highest BCUT2D eigenvalue weighted by Gasteiger charge is 2.48. The molecular formula is C31H45N3O4. The molecule has 208 valence electrons. The Hall–Kier alpha value is -2.28. The van der Waals surface area contributed by atoms with Crippen molar-refractivity contribution in [3.63, 3.8) is 0 Å². The molecule has 0 aromatic heterocycles. The molecule has 2 aliphatic heterocycles. The highest BCUT2D eigenvalue weighted by atomic mass is 16.4. The van der Waals surface area contributed by atoms with Crippen LogP contribution in [0.15, 0.2) is 24.3 Å². The molecule has 38 heavy (non-hydrogen) atoms. The van der Waals surface area contributed by atoms with Crippen molar-refractivity contribution in [1.29, 1.82) is 0 Å². The van der Waals surface area contributed by atoms with Crippen molar-refractivity contribution < 1.29 is 19.8 Å². The van der Waals surface area contributed by atoms with Gasteiger partial charge >= 0.3 is 12.1 Å². The lowest BCUT2D eigenvalue weighted by atomic mass is 9.68. The van der Waals surface area contributed by atoms with Crippen LogP contribution >= 0.6 is 0 Å². The van der Waals surface area contributed by atoms with Gasteiger partial charge in [0, 0.05) is 30.2 Å². The number of carboxylic acid groups (broad SMARTS) is 2. The van der Waals surface area contributed by atoms with Gasteiger partial charge in [0.1, 0.15) is 0 Å². The van der Waals surface area contributed by atoms with Crippen molar-refractivity contribution in [1.82, 2.24) is 4.90 Å². The molecule has 7 nitrogen and oxygen atoms in total. The first-order chi connectivity index (χ1) is 18.5. The van der Waals surface area contributed by atoms with Gasteiger partial charge in [-0.3, -0.25) is 15.0 Å². The van der Waals surface area contributed by atoms with Gasteiger partial charge in [-0.1, -0.05) is 50.7 Å². The van der Waals surface area contributed by atoms with Gasteiger partial charge in [0.15, 0.2) is 0 Å². The Balaban J connectivity index is 1.32. The summed E-state index contributed by atoms with van der Waals surface area (Å²) in [4.78, 5) is 29.5. The zero-order chi connectivity index (χ0) is 26.2. The van der Waals surface area contributed by atoms with Gasteiger partial charge in [-0.2, -0.15) is 0 Å². The van der Waals surface area contributed by atoms with Crippen LogP contribution in [0.4, 0.5) is 16.2 Å².